The molecule has 14 heavy (non-hydrogen) atoms. The normalized spacial score (nSPS) is 27.9. The van der Waals surface area contributed by atoms with E-state index in [1.807, 2.05) is 6.92 Å². The number of esters is 1. The molecule has 2 unspecified atom stereocenters. The van der Waals surface area contributed by atoms with Gasteiger partial charge in [0.25, 0.3) is 0 Å². The van der Waals surface area contributed by atoms with Gasteiger partial charge in [0, 0.05) is 19.1 Å². The Kier molecular flexibility index (Phi) is 4.39. The summed E-state index contributed by atoms with van der Waals surface area (Å²) in [6.07, 6.45) is 1.79. The standard InChI is InChI=1S/C11H21NO2/c1-4-14-11(13)5-6-12-8-9(2)7-10(12)3/h9-10H,4-8H2,1-3H3. The maximum absolute atomic E-state index is 11.1. The van der Waals surface area contributed by atoms with Crippen LogP contribution in [0.5, 0.6) is 0 Å². The Labute approximate surface area is 86.4 Å². The summed E-state index contributed by atoms with van der Waals surface area (Å²) in [5.41, 5.74) is 0. The second-order valence-corrected chi connectivity index (χ2v) is 4.24. The van der Waals surface area contributed by atoms with E-state index in [9.17, 15) is 4.79 Å². The summed E-state index contributed by atoms with van der Waals surface area (Å²) in [5.74, 6) is 0.700. The molecule has 0 aromatic heterocycles. The molecule has 2 atom stereocenters. The Balaban J connectivity index is 2.21. The van der Waals surface area contributed by atoms with Crippen molar-refractivity contribution in [3.8, 4) is 0 Å². The van der Waals surface area contributed by atoms with Crippen molar-refractivity contribution in [3.05, 3.63) is 0 Å². The van der Waals surface area contributed by atoms with E-state index in [0.29, 0.717) is 19.1 Å². The lowest BCUT2D eigenvalue weighted by molar-refractivity contribution is -0.143. The van der Waals surface area contributed by atoms with Crippen LogP contribution in [0.15, 0.2) is 0 Å². The number of hydrogen-bond acceptors (Lipinski definition) is 3. The summed E-state index contributed by atoms with van der Waals surface area (Å²) in [4.78, 5) is 13.5. The zero-order chi connectivity index (χ0) is 10.6. The number of ether oxygens (including phenoxy) is 1. The molecule has 1 fully saturated rings. The highest BCUT2D eigenvalue weighted by atomic mass is 16.5. The first-order valence-corrected chi connectivity index (χ1v) is 5.53. The fraction of sp³-hybridized carbons (Fsp3) is 0.909. The molecule has 0 bridgehead atoms. The van der Waals surface area contributed by atoms with Crippen molar-refractivity contribution in [1.29, 1.82) is 0 Å². The number of nitrogens with zero attached hydrogens (tertiary/aromatic N) is 1. The van der Waals surface area contributed by atoms with Gasteiger partial charge in [0.2, 0.25) is 0 Å². The van der Waals surface area contributed by atoms with E-state index < -0.39 is 0 Å². The molecule has 0 aromatic rings. The first kappa shape index (κ1) is 11.5. The molecule has 1 heterocycles. The van der Waals surface area contributed by atoms with Crippen molar-refractivity contribution in [2.75, 3.05) is 19.7 Å². The van der Waals surface area contributed by atoms with Crippen molar-refractivity contribution >= 4 is 5.97 Å². The van der Waals surface area contributed by atoms with Crippen LogP contribution in [-0.4, -0.2) is 36.6 Å². The predicted octanol–water partition coefficient (Wildman–Crippen LogP) is 1.67. The van der Waals surface area contributed by atoms with Gasteiger partial charge in [-0.15, -0.1) is 0 Å². The van der Waals surface area contributed by atoms with Gasteiger partial charge in [-0.3, -0.25) is 9.69 Å². The average molecular weight is 199 g/mol. The van der Waals surface area contributed by atoms with Crippen LogP contribution >= 0.6 is 0 Å². The van der Waals surface area contributed by atoms with E-state index in [1.54, 1.807) is 0 Å². The van der Waals surface area contributed by atoms with Crippen LogP contribution in [0.2, 0.25) is 0 Å². The Hall–Kier alpha value is -0.570. The molecule has 0 aromatic carbocycles. The molecule has 3 nitrogen and oxygen atoms in total. The van der Waals surface area contributed by atoms with Gasteiger partial charge in [0.05, 0.1) is 13.0 Å². The highest BCUT2D eigenvalue weighted by molar-refractivity contribution is 5.69. The molecule has 3 heteroatoms. The Bertz CT molecular complexity index is 194. The van der Waals surface area contributed by atoms with Crippen LogP contribution in [0.25, 0.3) is 0 Å². The van der Waals surface area contributed by atoms with Gasteiger partial charge in [-0.1, -0.05) is 6.92 Å². The number of rotatable bonds is 4. The first-order chi connectivity index (χ1) is 6.63. The lowest BCUT2D eigenvalue weighted by Gasteiger charge is -2.20. The van der Waals surface area contributed by atoms with Crippen LogP contribution in [0.1, 0.15) is 33.6 Å². The van der Waals surface area contributed by atoms with Gasteiger partial charge in [-0.05, 0) is 26.2 Å². The second kappa shape index (κ2) is 5.35. The molecule has 1 saturated heterocycles. The molecular weight excluding hydrogens is 178 g/mol. The Morgan fingerprint density at radius 2 is 2.21 bits per heavy atom. The minimum atomic E-state index is -0.0701. The van der Waals surface area contributed by atoms with Crippen molar-refractivity contribution in [3.63, 3.8) is 0 Å². The van der Waals surface area contributed by atoms with Crippen LogP contribution in [-0.2, 0) is 9.53 Å². The first-order valence-electron chi connectivity index (χ1n) is 5.53. The van der Waals surface area contributed by atoms with Crippen LogP contribution in [0.4, 0.5) is 0 Å². The summed E-state index contributed by atoms with van der Waals surface area (Å²) in [6, 6.07) is 0.624. The van der Waals surface area contributed by atoms with E-state index >= 15 is 0 Å². The van der Waals surface area contributed by atoms with Gasteiger partial charge in [0.15, 0.2) is 0 Å². The lowest BCUT2D eigenvalue weighted by Crippen LogP contribution is -2.29. The van der Waals surface area contributed by atoms with Crippen molar-refractivity contribution < 1.29 is 9.53 Å². The van der Waals surface area contributed by atoms with Gasteiger partial charge >= 0.3 is 5.97 Å². The van der Waals surface area contributed by atoms with Gasteiger partial charge in [0.1, 0.15) is 0 Å². The summed E-state index contributed by atoms with van der Waals surface area (Å²) in [5, 5.41) is 0. The predicted molar refractivity (Wildman–Crippen MR) is 56.1 cm³/mol. The van der Waals surface area contributed by atoms with E-state index in [-0.39, 0.29) is 5.97 Å². The lowest BCUT2D eigenvalue weighted by atomic mass is 10.1. The van der Waals surface area contributed by atoms with Crippen LogP contribution < -0.4 is 0 Å². The number of carbonyl (C=O) groups is 1. The van der Waals surface area contributed by atoms with Gasteiger partial charge in [-0.25, -0.2) is 0 Å². The Morgan fingerprint density at radius 1 is 1.50 bits per heavy atom. The van der Waals surface area contributed by atoms with Crippen molar-refractivity contribution in [2.45, 2.75) is 39.7 Å². The molecule has 0 aliphatic carbocycles. The molecule has 82 valence electrons. The number of likely N-dealkylation sites (tertiary alicyclic amines) is 1. The highest BCUT2D eigenvalue weighted by Crippen LogP contribution is 2.22. The molecule has 0 spiro atoms. The number of carbonyl (C=O) groups excluding carboxylic acids is 1. The molecule has 0 amide bonds. The smallest absolute Gasteiger partial charge is 0.307 e. The fourth-order valence-electron chi connectivity index (χ4n) is 2.17. The molecular formula is C11H21NO2. The summed E-state index contributed by atoms with van der Waals surface area (Å²) in [7, 11) is 0. The average Bonchev–Trinajstić information content (AvgIpc) is 2.42. The van der Waals surface area contributed by atoms with E-state index in [0.717, 1.165) is 19.0 Å². The summed E-state index contributed by atoms with van der Waals surface area (Å²) >= 11 is 0. The maximum atomic E-state index is 11.1. The highest BCUT2D eigenvalue weighted by Gasteiger charge is 2.25. The van der Waals surface area contributed by atoms with E-state index in [2.05, 4.69) is 18.7 Å². The van der Waals surface area contributed by atoms with Crippen LogP contribution in [0, 0.1) is 5.92 Å². The SMILES string of the molecule is CCOC(=O)CCN1CC(C)CC1C. The zero-order valence-electron chi connectivity index (χ0n) is 9.45. The topological polar surface area (TPSA) is 29.5 Å². The minimum Gasteiger partial charge on any atom is -0.466 e. The molecule has 0 N–H and O–H groups in total. The third kappa shape index (κ3) is 3.29. The summed E-state index contributed by atoms with van der Waals surface area (Å²) < 4.78 is 4.90. The Morgan fingerprint density at radius 3 is 2.71 bits per heavy atom. The monoisotopic (exact) mass is 199 g/mol. The molecule has 1 aliphatic rings. The fourth-order valence-corrected chi connectivity index (χ4v) is 2.17. The third-order valence-electron chi connectivity index (χ3n) is 2.82. The van der Waals surface area contributed by atoms with E-state index in [4.69, 9.17) is 4.74 Å². The number of hydrogen-bond donors (Lipinski definition) is 0. The molecule has 1 rings (SSSR count). The largest absolute Gasteiger partial charge is 0.466 e. The van der Waals surface area contributed by atoms with Gasteiger partial charge < -0.3 is 4.74 Å². The summed E-state index contributed by atoms with van der Waals surface area (Å²) in [6.45, 7) is 8.81. The molecule has 1 aliphatic heterocycles. The molecule has 0 saturated carbocycles. The van der Waals surface area contributed by atoms with Crippen molar-refractivity contribution in [1.82, 2.24) is 4.90 Å². The van der Waals surface area contributed by atoms with Crippen molar-refractivity contribution in [2.24, 2.45) is 5.92 Å². The second-order valence-electron chi connectivity index (χ2n) is 4.24. The zero-order valence-corrected chi connectivity index (χ0v) is 9.45. The molecule has 0 radical (unpaired) electrons. The third-order valence-corrected chi connectivity index (χ3v) is 2.82. The quantitative estimate of drug-likeness (QED) is 0.645. The maximum Gasteiger partial charge on any atom is 0.307 e. The minimum absolute atomic E-state index is 0.0701. The van der Waals surface area contributed by atoms with Gasteiger partial charge in [-0.2, -0.15) is 0 Å². The van der Waals surface area contributed by atoms with E-state index in [1.165, 1.54) is 6.42 Å². The van der Waals surface area contributed by atoms with Crippen LogP contribution in [0.3, 0.4) is 0 Å².